The zero-order chi connectivity index (χ0) is 24.7. The standard InChI is InChI=1S/C25H26Cl2FN3O3/c1-3-13-30(25(33)29-24-21(26)5-4-6-22(24)27)16-23(32)31(15-20-12-7-17(2)34-20)14-18-8-10-19(28)11-9-18/h4-12H,3,13-16H2,1-2H3,(H,29,33). The van der Waals surface area contributed by atoms with Crippen LogP contribution >= 0.6 is 23.2 Å². The molecule has 1 heterocycles. The molecule has 0 atom stereocenters. The Labute approximate surface area is 208 Å². The summed E-state index contributed by atoms with van der Waals surface area (Å²) < 4.78 is 19.0. The second kappa shape index (κ2) is 11.9. The van der Waals surface area contributed by atoms with Crippen LogP contribution in [0.25, 0.3) is 0 Å². The van der Waals surface area contributed by atoms with Crippen LogP contribution in [0.15, 0.2) is 59.0 Å². The summed E-state index contributed by atoms with van der Waals surface area (Å²) in [4.78, 5) is 29.3. The molecule has 0 saturated heterocycles. The van der Waals surface area contributed by atoms with Crippen molar-refractivity contribution in [3.63, 3.8) is 0 Å². The molecule has 34 heavy (non-hydrogen) atoms. The monoisotopic (exact) mass is 505 g/mol. The number of carbonyl (C=O) groups excluding carboxylic acids is 2. The number of nitrogens with one attached hydrogen (secondary N) is 1. The molecule has 0 aliphatic carbocycles. The van der Waals surface area contributed by atoms with Crippen LogP contribution in [0.4, 0.5) is 14.9 Å². The number of carbonyl (C=O) groups is 2. The van der Waals surface area contributed by atoms with Gasteiger partial charge in [0.25, 0.3) is 0 Å². The number of aryl methyl sites for hydroxylation is 1. The molecule has 180 valence electrons. The van der Waals surface area contributed by atoms with Crippen LogP contribution in [0.3, 0.4) is 0 Å². The molecular formula is C25H26Cl2FN3O3. The van der Waals surface area contributed by atoms with E-state index in [0.717, 1.165) is 11.3 Å². The van der Waals surface area contributed by atoms with Crippen LogP contribution in [0.2, 0.25) is 10.0 Å². The Morgan fingerprint density at radius 2 is 1.65 bits per heavy atom. The van der Waals surface area contributed by atoms with E-state index in [0.29, 0.717) is 34.5 Å². The molecule has 3 amide bonds. The normalized spacial score (nSPS) is 10.7. The number of nitrogens with zero attached hydrogens (tertiary/aromatic N) is 2. The van der Waals surface area contributed by atoms with Crippen molar-refractivity contribution < 1.29 is 18.4 Å². The maximum absolute atomic E-state index is 13.3. The Morgan fingerprint density at radius 1 is 0.971 bits per heavy atom. The van der Waals surface area contributed by atoms with Crippen molar-refractivity contribution in [2.45, 2.75) is 33.4 Å². The summed E-state index contributed by atoms with van der Waals surface area (Å²) in [5, 5.41) is 3.31. The summed E-state index contributed by atoms with van der Waals surface area (Å²) in [6, 6.07) is 14.0. The van der Waals surface area contributed by atoms with Crippen LogP contribution in [0.1, 0.15) is 30.4 Å². The quantitative estimate of drug-likeness (QED) is 0.360. The first kappa shape index (κ1) is 25.6. The van der Waals surface area contributed by atoms with E-state index in [1.54, 1.807) is 41.3 Å². The number of hydrogen-bond donors (Lipinski definition) is 1. The van der Waals surface area contributed by atoms with Crippen LogP contribution in [-0.2, 0) is 17.9 Å². The Bertz CT molecular complexity index is 1110. The lowest BCUT2D eigenvalue weighted by atomic mass is 10.2. The highest BCUT2D eigenvalue weighted by molar-refractivity contribution is 6.39. The van der Waals surface area contributed by atoms with E-state index in [2.05, 4.69) is 5.32 Å². The number of anilines is 1. The molecule has 0 fully saturated rings. The van der Waals surface area contributed by atoms with Gasteiger partial charge in [-0.1, -0.05) is 48.3 Å². The SMILES string of the molecule is CCCN(CC(=O)N(Cc1ccc(F)cc1)Cc1ccc(C)o1)C(=O)Nc1c(Cl)cccc1Cl. The minimum absolute atomic E-state index is 0.164. The molecule has 9 heteroatoms. The third kappa shape index (κ3) is 6.98. The first-order chi connectivity index (χ1) is 16.3. The van der Waals surface area contributed by atoms with Gasteiger partial charge in [0.15, 0.2) is 0 Å². The van der Waals surface area contributed by atoms with Crippen LogP contribution in [-0.4, -0.2) is 34.8 Å². The average Bonchev–Trinajstić information content (AvgIpc) is 3.21. The molecule has 0 bridgehead atoms. The summed E-state index contributed by atoms with van der Waals surface area (Å²) in [5.74, 6) is 0.703. The highest BCUT2D eigenvalue weighted by Gasteiger charge is 2.23. The van der Waals surface area contributed by atoms with Crippen LogP contribution in [0, 0.1) is 12.7 Å². The summed E-state index contributed by atoms with van der Waals surface area (Å²) in [6.07, 6.45) is 0.645. The average molecular weight is 506 g/mol. The number of furan rings is 1. The molecule has 0 saturated carbocycles. The number of halogens is 3. The van der Waals surface area contributed by atoms with Gasteiger partial charge in [-0.25, -0.2) is 9.18 Å². The lowest BCUT2D eigenvalue weighted by molar-refractivity contribution is -0.133. The van der Waals surface area contributed by atoms with Gasteiger partial charge >= 0.3 is 6.03 Å². The maximum Gasteiger partial charge on any atom is 0.322 e. The Hall–Kier alpha value is -3.03. The minimum Gasteiger partial charge on any atom is -0.464 e. The fraction of sp³-hybridized carbons (Fsp3) is 0.280. The number of amides is 3. The zero-order valence-electron chi connectivity index (χ0n) is 19.0. The highest BCUT2D eigenvalue weighted by atomic mass is 35.5. The third-order valence-electron chi connectivity index (χ3n) is 5.08. The van der Waals surface area contributed by atoms with Crippen molar-refractivity contribution in [3.05, 3.63) is 87.5 Å². The number of benzene rings is 2. The molecule has 3 aromatic rings. The lowest BCUT2D eigenvalue weighted by Crippen LogP contribution is -2.44. The van der Waals surface area contributed by atoms with Crippen LogP contribution < -0.4 is 5.32 Å². The Kier molecular flexibility index (Phi) is 8.96. The number of hydrogen-bond acceptors (Lipinski definition) is 3. The predicted molar refractivity (Wildman–Crippen MR) is 131 cm³/mol. The van der Waals surface area contributed by atoms with Crippen molar-refractivity contribution in [2.24, 2.45) is 0 Å². The molecule has 0 aliphatic heterocycles. The lowest BCUT2D eigenvalue weighted by Gasteiger charge is -2.27. The molecule has 0 radical (unpaired) electrons. The summed E-state index contributed by atoms with van der Waals surface area (Å²) >= 11 is 12.4. The fourth-order valence-corrected chi connectivity index (χ4v) is 3.88. The predicted octanol–water partition coefficient (Wildman–Crippen LogP) is 6.51. The molecule has 0 unspecified atom stereocenters. The van der Waals surface area contributed by atoms with Gasteiger partial charge in [-0.3, -0.25) is 4.79 Å². The zero-order valence-corrected chi connectivity index (χ0v) is 20.5. The van der Waals surface area contributed by atoms with Crippen molar-refractivity contribution >= 4 is 40.8 Å². The minimum atomic E-state index is -0.485. The van der Waals surface area contributed by atoms with Gasteiger partial charge < -0.3 is 19.5 Å². The van der Waals surface area contributed by atoms with Gasteiger partial charge in [0, 0.05) is 13.1 Å². The maximum atomic E-state index is 13.3. The van der Waals surface area contributed by atoms with E-state index < -0.39 is 6.03 Å². The Balaban J connectivity index is 1.78. The van der Waals surface area contributed by atoms with Crippen molar-refractivity contribution in [1.29, 1.82) is 0 Å². The third-order valence-corrected chi connectivity index (χ3v) is 5.71. The van der Waals surface area contributed by atoms with E-state index in [9.17, 15) is 14.0 Å². The molecular weight excluding hydrogens is 480 g/mol. The van der Waals surface area contributed by atoms with Crippen LogP contribution in [0.5, 0.6) is 0 Å². The van der Waals surface area contributed by atoms with E-state index in [-0.39, 0.29) is 31.4 Å². The van der Waals surface area contributed by atoms with Gasteiger partial charge in [-0.2, -0.15) is 0 Å². The first-order valence-electron chi connectivity index (χ1n) is 10.8. The molecule has 1 aromatic heterocycles. The summed E-state index contributed by atoms with van der Waals surface area (Å²) in [6.45, 7) is 4.36. The molecule has 0 spiro atoms. The number of para-hydroxylation sites is 1. The van der Waals surface area contributed by atoms with Gasteiger partial charge in [0.2, 0.25) is 5.91 Å². The van der Waals surface area contributed by atoms with E-state index in [1.165, 1.54) is 17.0 Å². The molecule has 1 N–H and O–H groups in total. The second-order valence-corrected chi connectivity index (χ2v) is 8.65. The molecule has 2 aromatic carbocycles. The molecule has 0 aliphatic rings. The van der Waals surface area contributed by atoms with Crippen molar-refractivity contribution in [1.82, 2.24) is 9.80 Å². The topological polar surface area (TPSA) is 65.8 Å². The van der Waals surface area contributed by atoms with Crippen molar-refractivity contribution in [2.75, 3.05) is 18.4 Å². The summed E-state index contributed by atoms with van der Waals surface area (Å²) in [5.41, 5.74) is 1.05. The first-order valence-corrected chi connectivity index (χ1v) is 11.6. The van der Waals surface area contributed by atoms with Gasteiger partial charge in [0.05, 0.1) is 22.3 Å². The number of urea groups is 1. The van der Waals surface area contributed by atoms with Gasteiger partial charge in [0.1, 0.15) is 23.9 Å². The smallest absolute Gasteiger partial charge is 0.322 e. The Morgan fingerprint density at radius 3 is 2.24 bits per heavy atom. The van der Waals surface area contributed by atoms with E-state index in [4.69, 9.17) is 27.6 Å². The second-order valence-electron chi connectivity index (χ2n) is 7.84. The number of rotatable bonds is 9. The van der Waals surface area contributed by atoms with Crippen molar-refractivity contribution in [3.8, 4) is 0 Å². The van der Waals surface area contributed by atoms with E-state index >= 15 is 0 Å². The van der Waals surface area contributed by atoms with Gasteiger partial charge in [-0.05, 0) is 55.3 Å². The highest BCUT2D eigenvalue weighted by Crippen LogP contribution is 2.30. The summed E-state index contributed by atoms with van der Waals surface area (Å²) in [7, 11) is 0. The van der Waals surface area contributed by atoms with E-state index in [1.807, 2.05) is 19.9 Å². The molecule has 6 nitrogen and oxygen atoms in total. The largest absolute Gasteiger partial charge is 0.464 e. The molecule has 3 rings (SSSR count). The van der Waals surface area contributed by atoms with Gasteiger partial charge in [-0.15, -0.1) is 0 Å². The fourth-order valence-electron chi connectivity index (χ4n) is 3.39.